The zero-order chi connectivity index (χ0) is 12.8. The number of ether oxygens (including phenoxy) is 2. The van der Waals surface area contributed by atoms with E-state index in [-0.39, 0.29) is 31.3 Å². The lowest BCUT2D eigenvalue weighted by atomic mass is 10.2. The Hall–Kier alpha value is -1.43. The van der Waals surface area contributed by atoms with Crippen molar-refractivity contribution >= 4 is 5.97 Å². The van der Waals surface area contributed by atoms with Crippen molar-refractivity contribution in [1.29, 1.82) is 0 Å². The van der Waals surface area contributed by atoms with E-state index >= 15 is 0 Å². The van der Waals surface area contributed by atoms with Crippen molar-refractivity contribution < 1.29 is 19.4 Å². The number of hydrogen-bond donors (Lipinski definition) is 2. The number of nitrogens with one attached hydrogen (secondary N) is 1. The van der Waals surface area contributed by atoms with Gasteiger partial charge < -0.3 is 19.9 Å². The third kappa shape index (κ3) is 3.53. The van der Waals surface area contributed by atoms with Gasteiger partial charge in [0.1, 0.15) is 6.61 Å². The zero-order valence-corrected chi connectivity index (χ0v) is 10.0. The highest BCUT2D eigenvalue weighted by Gasteiger charge is 2.22. The molecule has 0 spiro atoms. The second-order valence-electron chi connectivity index (χ2n) is 4.25. The van der Waals surface area contributed by atoms with Crippen LogP contribution in [0.15, 0.2) is 30.3 Å². The quantitative estimate of drug-likeness (QED) is 0.748. The summed E-state index contributed by atoms with van der Waals surface area (Å²) in [6, 6.07) is 8.70. The fourth-order valence-electron chi connectivity index (χ4n) is 1.82. The van der Waals surface area contributed by atoms with Gasteiger partial charge in [-0.15, -0.1) is 0 Å². The predicted molar refractivity (Wildman–Crippen MR) is 65.3 cm³/mol. The smallest absolute Gasteiger partial charge is 0.338 e. The Morgan fingerprint density at radius 2 is 2.06 bits per heavy atom. The summed E-state index contributed by atoms with van der Waals surface area (Å²) >= 11 is 0. The SMILES string of the molecule is O=C(OCC1COCC(CO)N1)c1ccccc1. The summed E-state index contributed by atoms with van der Waals surface area (Å²) in [7, 11) is 0. The van der Waals surface area contributed by atoms with E-state index < -0.39 is 0 Å². The van der Waals surface area contributed by atoms with E-state index in [1.165, 1.54) is 0 Å². The maximum absolute atomic E-state index is 11.7. The molecular weight excluding hydrogens is 234 g/mol. The largest absolute Gasteiger partial charge is 0.460 e. The van der Waals surface area contributed by atoms with Gasteiger partial charge in [-0.05, 0) is 12.1 Å². The number of benzene rings is 1. The molecule has 2 unspecified atom stereocenters. The van der Waals surface area contributed by atoms with Gasteiger partial charge in [-0.2, -0.15) is 0 Å². The van der Waals surface area contributed by atoms with Crippen LogP contribution in [0.1, 0.15) is 10.4 Å². The summed E-state index contributed by atoms with van der Waals surface area (Å²) in [5.41, 5.74) is 0.535. The van der Waals surface area contributed by atoms with Crippen LogP contribution in [-0.2, 0) is 9.47 Å². The van der Waals surface area contributed by atoms with Crippen molar-refractivity contribution in [2.75, 3.05) is 26.4 Å². The van der Waals surface area contributed by atoms with Crippen LogP contribution >= 0.6 is 0 Å². The van der Waals surface area contributed by atoms with Crippen LogP contribution in [0.25, 0.3) is 0 Å². The first kappa shape index (κ1) is 13.0. The van der Waals surface area contributed by atoms with E-state index in [0.29, 0.717) is 18.8 Å². The minimum atomic E-state index is -0.344. The summed E-state index contributed by atoms with van der Waals surface area (Å²) in [4.78, 5) is 11.7. The monoisotopic (exact) mass is 251 g/mol. The third-order valence-corrected chi connectivity index (χ3v) is 2.75. The molecule has 2 rings (SSSR count). The molecule has 1 saturated heterocycles. The van der Waals surface area contributed by atoms with Gasteiger partial charge in [0, 0.05) is 0 Å². The van der Waals surface area contributed by atoms with E-state index in [9.17, 15) is 4.79 Å². The first-order valence-electron chi connectivity index (χ1n) is 5.96. The Morgan fingerprint density at radius 3 is 2.78 bits per heavy atom. The molecule has 0 aliphatic carbocycles. The average Bonchev–Trinajstić information content (AvgIpc) is 2.46. The summed E-state index contributed by atoms with van der Waals surface area (Å²) in [6.07, 6.45) is 0. The fraction of sp³-hybridized carbons (Fsp3) is 0.462. The number of carbonyl (C=O) groups is 1. The number of carbonyl (C=O) groups excluding carboxylic acids is 1. The molecule has 1 aromatic rings. The Morgan fingerprint density at radius 1 is 1.33 bits per heavy atom. The van der Waals surface area contributed by atoms with E-state index in [1.54, 1.807) is 24.3 Å². The maximum atomic E-state index is 11.7. The Bertz CT molecular complexity index is 382. The molecule has 0 aromatic heterocycles. The Labute approximate surface area is 106 Å². The van der Waals surface area contributed by atoms with Crippen LogP contribution < -0.4 is 5.32 Å². The van der Waals surface area contributed by atoms with Gasteiger partial charge in [-0.25, -0.2) is 4.79 Å². The van der Waals surface area contributed by atoms with Gasteiger partial charge in [0.15, 0.2) is 0 Å². The second kappa shape index (κ2) is 6.49. The molecule has 5 heteroatoms. The van der Waals surface area contributed by atoms with Gasteiger partial charge in [-0.3, -0.25) is 0 Å². The van der Waals surface area contributed by atoms with E-state index in [0.717, 1.165) is 0 Å². The molecule has 1 aliphatic heterocycles. The number of aliphatic hydroxyl groups excluding tert-OH is 1. The molecule has 5 nitrogen and oxygen atoms in total. The molecule has 1 aliphatic rings. The highest BCUT2D eigenvalue weighted by molar-refractivity contribution is 5.89. The first-order chi connectivity index (χ1) is 8.79. The van der Waals surface area contributed by atoms with Crippen molar-refractivity contribution in [3.63, 3.8) is 0 Å². The number of morpholine rings is 1. The Kier molecular flexibility index (Phi) is 4.69. The van der Waals surface area contributed by atoms with Crippen molar-refractivity contribution in [2.24, 2.45) is 0 Å². The van der Waals surface area contributed by atoms with Crippen molar-refractivity contribution in [3.05, 3.63) is 35.9 Å². The number of aliphatic hydroxyl groups is 1. The Balaban J connectivity index is 1.79. The molecule has 1 aromatic carbocycles. The minimum Gasteiger partial charge on any atom is -0.460 e. The minimum absolute atomic E-state index is 0.0170. The summed E-state index contributed by atoms with van der Waals surface area (Å²) in [6.45, 7) is 1.23. The lowest BCUT2D eigenvalue weighted by molar-refractivity contribution is -0.000349. The number of hydrogen-bond acceptors (Lipinski definition) is 5. The van der Waals surface area contributed by atoms with Gasteiger partial charge in [0.2, 0.25) is 0 Å². The molecule has 2 atom stereocenters. The van der Waals surface area contributed by atoms with Crippen molar-refractivity contribution in [2.45, 2.75) is 12.1 Å². The molecule has 98 valence electrons. The summed E-state index contributed by atoms with van der Waals surface area (Å²) < 4.78 is 10.5. The van der Waals surface area contributed by atoms with E-state index in [1.807, 2.05) is 6.07 Å². The first-order valence-corrected chi connectivity index (χ1v) is 5.96. The van der Waals surface area contributed by atoms with Gasteiger partial charge >= 0.3 is 5.97 Å². The van der Waals surface area contributed by atoms with Crippen LogP contribution in [-0.4, -0.2) is 49.6 Å². The highest BCUT2D eigenvalue weighted by atomic mass is 16.5. The number of esters is 1. The van der Waals surface area contributed by atoms with Gasteiger partial charge in [0.05, 0.1) is 37.5 Å². The molecule has 0 bridgehead atoms. The molecule has 0 saturated carbocycles. The molecular formula is C13H17NO4. The molecule has 1 heterocycles. The lowest BCUT2D eigenvalue weighted by Crippen LogP contribution is -2.52. The standard InChI is InChI=1S/C13H17NO4/c15-6-11-7-17-8-12(14-11)9-18-13(16)10-4-2-1-3-5-10/h1-5,11-12,14-15H,6-9H2. The van der Waals surface area contributed by atoms with Crippen molar-refractivity contribution in [1.82, 2.24) is 5.32 Å². The molecule has 2 N–H and O–H groups in total. The van der Waals surface area contributed by atoms with Gasteiger partial charge in [-0.1, -0.05) is 18.2 Å². The van der Waals surface area contributed by atoms with Crippen LogP contribution in [0, 0.1) is 0 Å². The molecule has 18 heavy (non-hydrogen) atoms. The number of rotatable bonds is 4. The summed E-state index contributed by atoms with van der Waals surface area (Å²) in [5, 5.41) is 12.2. The molecule has 0 amide bonds. The van der Waals surface area contributed by atoms with Crippen LogP contribution in [0.2, 0.25) is 0 Å². The zero-order valence-electron chi connectivity index (χ0n) is 10.0. The summed E-state index contributed by atoms with van der Waals surface area (Å²) in [5.74, 6) is -0.344. The topological polar surface area (TPSA) is 67.8 Å². The average molecular weight is 251 g/mol. The fourth-order valence-corrected chi connectivity index (χ4v) is 1.82. The molecule has 1 fully saturated rings. The predicted octanol–water partition coefficient (Wildman–Crippen LogP) is 0.193. The van der Waals surface area contributed by atoms with Gasteiger partial charge in [0.25, 0.3) is 0 Å². The van der Waals surface area contributed by atoms with E-state index in [4.69, 9.17) is 14.6 Å². The van der Waals surface area contributed by atoms with E-state index in [2.05, 4.69) is 5.32 Å². The lowest BCUT2D eigenvalue weighted by Gasteiger charge is -2.29. The second-order valence-corrected chi connectivity index (χ2v) is 4.25. The van der Waals surface area contributed by atoms with Crippen molar-refractivity contribution in [3.8, 4) is 0 Å². The normalized spacial score (nSPS) is 23.6. The van der Waals surface area contributed by atoms with Crippen LogP contribution in [0.5, 0.6) is 0 Å². The molecule has 0 radical (unpaired) electrons. The van der Waals surface area contributed by atoms with Crippen LogP contribution in [0.4, 0.5) is 0 Å². The highest BCUT2D eigenvalue weighted by Crippen LogP contribution is 2.04. The maximum Gasteiger partial charge on any atom is 0.338 e. The van der Waals surface area contributed by atoms with Crippen LogP contribution in [0.3, 0.4) is 0 Å². The third-order valence-electron chi connectivity index (χ3n) is 2.75.